The molecule has 6 N–H and O–H groups in total. The summed E-state index contributed by atoms with van der Waals surface area (Å²) in [6.07, 6.45) is -3.12. The van der Waals surface area contributed by atoms with Crippen molar-refractivity contribution in [2.75, 3.05) is 44.3 Å². The van der Waals surface area contributed by atoms with E-state index in [2.05, 4.69) is 29.9 Å². The molecule has 8 rings (SSSR count). The number of aliphatic hydroxyl groups excluding tert-OH is 1. The minimum absolute atomic E-state index is 0.0114. The third kappa shape index (κ3) is 7.07. The number of esters is 1. The van der Waals surface area contributed by atoms with E-state index < -0.39 is 98.2 Å². The zero-order valence-electron chi connectivity index (χ0n) is 31.3. The number of carbonyl (C=O) groups excluding carboxylic acids is 1. The number of nitrogens with zero attached hydrogens (tertiary/aromatic N) is 7. The van der Waals surface area contributed by atoms with E-state index in [1.807, 2.05) is 0 Å². The van der Waals surface area contributed by atoms with Gasteiger partial charge in [0.25, 0.3) is 5.56 Å². The first-order chi connectivity index (χ1) is 27.0. The fourth-order valence-corrected chi connectivity index (χ4v) is 12.0. The Labute approximate surface area is 327 Å². The lowest BCUT2D eigenvalue weighted by molar-refractivity contribution is -0.150. The predicted octanol–water partition coefficient (Wildman–Crippen LogP) is 2.31. The van der Waals surface area contributed by atoms with Crippen LogP contribution in [0.25, 0.3) is 22.3 Å². The molecule has 0 aromatic carbocycles. The van der Waals surface area contributed by atoms with Gasteiger partial charge >= 0.3 is 20.6 Å². The summed E-state index contributed by atoms with van der Waals surface area (Å²) in [7, 11) is -3.21. The van der Waals surface area contributed by atoms with Crippen LogP contribution in [0.15, 0.2) is 23.8 Å². The summed E-state index contributed by atoms with van der Waals surface area (Å²) in [6, 6.07) is -0.769. The number of rotatable bonds is 8. The van der Waals surface area contributed by atoms with Gasteiger partial charge in [0.1, 0.15) is 48.3 Å². The van der Waals surface area contributed by atoms with Gasteiger partial charge in [0.15, 0.2) is 28.9 Å². The van der Waals surface area contributed by atoms with E-state index in [1.165, 1.54) is 30.7 Å². The molecule has 4 fully saturated rings. The maximum absolute atomic E-state index is 15.0. The number of H-pyrrole nitrogens is 1. The molecule has 6 heterocycles. The summed E-state index contributed by atoms with van der Waals surface area (Å²) in [4.78, 5) is 48.9. The minimum Gasteiger partial charge on any atom is -0.454 e. The number of fused-ring (bicyclic) bond motifs is 4. The number of methoxy groups -OCH3 is 1. The summed E-state index contributed by atoms with van der Waals surface area (Å²) < 4.78 is 80.9. The monoisotopic (exact) mass is 856 g/mol. The number of anilines is 2. The second-order valence-corrected chi connectivity index (χ2v) is 20.6. The van der Waals surface area contributed by atoms with Gasteiger partial charge in [-0.15, -0.1) is 0 Å². The van der Waals surface area contributed by atoms with Gasteiger partial charge in [0.2, 0.25) is 5.95 Å². The average molecular weight is 857 g/mol. The van der Waals surface area contributed by atoms with Gasteiger partial charge in [-0.25, -0.2) is 29.1 Å². The molecule has 57 heavy (non-hydrogen) atoms. The molecule has 4 aliphatic rings. The Balaban J connectivity index is 1.19. The van der Waals surface area contributed by atoms with Crippen LogP contribution < -0.4 is 17.0 Å². The molecule has 2 bridgehead atoms. The highest BCUT2D eigenvalue weighted by Crippen LogP contribution is 2.74. The summed E-state index contributed by atoms with van der Waals surface area (Å²) in [5.74, 6) is -1.51. The first kappa shape index (κ1) is 40.2. The first-order valence-electron chi connectivity index (χ1n) is 17.9. The molecule has 2 unspecified atom stereocenters. The van der Waals surface area contributed by atoms with Gasteiger partial charge in [0.05, 0.1) is 43.9 Å². The van der Waals surface area contributed by atoms with Crippen LogP contribution in [0, 0.1) is 16.7 Å². The number of hydrogen-bond acceptors (Lipinski definition) is 21. The van der Waals surface area contributed by atoms with Crippen LogP contribution in [0.2, 0.25) is 0 Å². The molecule has 0 amide bonds. The van der Waals surface area contributed by atoms with E-state index >= 15 is 0 Å². The predicted molar refractivity (Wildman–Crippen MR) is 199 cm³/mol. The smallest absolute Gasteiger partial charge is 0.454 e. The third-order valence-electron chi connectivity index (χ3n) is 10.5. The molecule has 0 radical (unpaired) electrons. The third-order valence-corrected chi connectivity index (χ3v) is 15.3. The number of nitrogens with two attached hydrogens (primary N) is 2. The molecule has 11 atom stereocenters. The summed E-state index contributed by atoms with van der Waals surface area (Å²) in [5.41, 5.74) is 9.90. The molecule has 2 aliphatic heterocycles. The van der Waals surface area contributed by atoms with Crippen LogP contribution in [-0.4, -0.2) is 114 Å². The number of ether oxygens (including phenoxy) is 3. The van der Waals surface area contributed by atoms with E-state index in [9.17, 15) is 23.8 Å². The number of phosphoric ester groups is 1. The first-order valence-corrected chi connectivity index (χ1v) is 22.4. The zero-order valence-corrected chi connectivity index (χ0v) is 33.9. The van der Waals surface area contributed by atoms with E-state index in [0.717, 1.165) is 0 Å². The van der Waals surface area contributed by atoms with E-state index in [-0.39, 0.29) is 36.1 Å². The fraction of sp³-hybridized carbons (Fsp3) is 0.645. The maximum atomic E-state index is 15.0. The number of aromatic nitrogens is 8. The van der Waals surface area contributed by atoms with Crippen LogP contribution in [-0.2, 0) is 50.8 Å². The Kier molecular flexibility index (Phi) is 10.3. The van der Waals surface area contributed by atoms with Crippen molar-refractivity contribution in [3.8, 4) is 0 Å². The van der Waals surface area contributed by atoms with Gasteiger partial charge < -0.3 is 35.4 Å². The molecule has 2 saturated heterocycles. The molecule has 1 spiro atoms. The Morgan fingerprint density at radius 2 is 1.86 bits per heavy atom. The lowest BCUT2D eigenvalue weighted by Gasteiger charge is -2.32. The van der Waals surface area contributed by atoms with Crippen LogP contribution >= 0.6 is 26.0 Å². The van der Waals surface area contributed by atoms with Crippen molar-refractivity contribution in [2.24, 2.45) is 16.7 Å². The number of hydrogen-bond donors (Lipinski definition) is 4. The highest BCUT2D eigenvalue weighted by atomic mass is 32.7. The van der Waals surface area contributed by atoms with Crippen LogP contribution in [0.4, 0.5) is 11.8 Å². The summed E-state index contributed by atoms with van der Waals surface area (Å²) in [5, 5.41) is 12.1. The average Bonchev–Trinajstić information content (AvgIpc) is 3.44. The molecule has 2 saturated carbocycles. The number of phosphoric acid groups is 1. The zero-order chi connectivity index (χ0) is 40.7. The quantitative estimate of drug-likeness (QED) is 0.112. The Bertz CT molecular complexity index is 2360. The molecular weight excluding hydrogens is 814 g/mol. The van der Waals surface area contributed by atoms with Crippen molar-refractivity contribution >= 4 is 66.1 Å². The molecule has 4 aromatic rings. The van der Waals surface area contributed by atoms with Gasteiger partial charge in [-0.1, -0.05) is 0 Å². The minimum atomic E-state index is -4.55. The molecule has 310 valence electrons. The lowest BCUT2D eigenvalue weighted by Crippen LogP contribution is -2.38. The van der Waals surface area contributed by atoms with Crippen LogP contribution in [0.3, 0.4) is 0 Å². The lowest BCUT2D eigenvalue weighted by atomic mass is 9.98. The molecule has 4 aromatic heterocycles. The topological polar surface area (TPSA) is 304 Å². The van der Waals surface area contributed by atoms with Crippen molar-refractivity contribution in [2.45, 2.75) is 76.9 Å². The number of aromatic amines is 1. The van der Waals surface area contributed by atoms with Gasteiger partial charge in [-0.2, -0.15) is 4.98 Å². The van der Waals surface area contributed by atoms with Crippen molar-refractivity contribution < 1.29 is 55.9 Å². The molecule has 2 aliphatic carbocycles. The second kappa shape index (κ2) is 14.6. The van der Waals surface area contributed by atoms with Crippen molar-refractivity contribution in [3.63, 3.8) is 0 Å². The summed E-state index contributed by atoms with van der Waals surface area (Å²) >= 11 is 0.593. The van der Waals surface area contributed by atoms with Gasteiger partial charge in [0, 0.05) is 23.9 Å². The summed E-state index contributed by atoms with van der Waals surface area (Å²) in [6.45, 7) is 1.20. The molecule has 26 heteroatoms. The van der Waals surface area contributed by atoms with Crippen molar-refractivity contribution in [3.05, 3.63) is 29.3 Å². The van der Waals surface area contributed by atoms with Gasteiger partial charge in [-0.3, -0.25) is 41.8 Å². The molecule has 23 nitrogen and oxygen atoms in total. The van der Waals surface area contributed by atoms with Crippen LogP contribution in [0.1, 0.15) is 46.4 Å². The largest absolute Gasteiger partial charge is 0.475 e. The van der Waals surface area contributed by atoms with E-state index in [4.69, 9.17) is 48.3 Å². The number of aliphatic hydroxyl groups is 1. The van der Waals surface area contributed by atoms with Crippen molar-refractivity contribution in [1.82, 2.24) is 39.0 Å². The highest BCUT2D eigenvalue weighted by Gasteiger charge is 2.74. The standard InChI is InChI=1S/C31H42N10O13P2S/c1-6-49-55(45)51-9-31-7-14(31)18(40-11-36-16-23(32)34-10-35-24(16)40)19(42)22(31)54-56(46,57-13-48-28(44)30(2,3)4)50-8-15-20(47-5)21(53-55)27(52-15)41-12-37-17-25(41)38-29(33)39-26(17)43/h10-12,14-15,18-22,27,42H,6-9,13H2,1-5H3,(H2,32,34,35)(H3,33,38,39,43)/t14-,15-,18-,19+,20-,21-,22+,27-,31-,55?,56?/m1/s1. The second-order valence-electron chi connectivity index (χ2n) is 15.1. The number of nitrogens with one attached hydrogen (secondary N) is 1. The number of carbonyl (C=O) groups is 1. The SMILES string of the molecule is CCOP1(=O)OC[C@]23C[C@@H]2[C@@H](n2cnc4c(N)ncnc42)[C@H](O)[C@@H]3OP(=O)(SCOC(=O)C(C)(C)C)OC[C@H]2O[C@@H](n3cnc4c(=O)[nH]c(N)nc43)[C@H](O1)[C@@H]2OC. The molecular formula is C31H42N10O13P2S. The Morgan fingerprint density at radius 3 is 2.60 bits per heavy atom. The van der Waals surface area contributed by atoms with E-state index in [0.29, 0.717) is 29.0 Å². The fourth-order valence-electron chi connectivity index (χ4n) is 7.72. The van der Waals surface area contributed by atoms with E-state index in [1.54, 1.807) is 32.3 Å². The highest BCUT2D eigenvalue weighted by molar-refractivity contribution is 8.55. The Morgan fingerprint density at radius 1 is 1.11 bits per heavy atom. The number of nitrogen functional groups attached to an aromatic ring is 2. The van der Waals surface area contributed by atoms with Gasteiger partial charge in [-0.05, 0) is 40.0 Å². The Hall–Kier alpha value is -3.54. The normalized spacial score (nSPS) is 35.6. The maximum Gasteiger partial charge on any atom is 0.475 e. The van der Waals surface area contributed by atoms with Crippen molar-refractivity contribution in [1.29, 1.82) is 0 Å². The van der Waals surface area contributed by atoms with Crippen LogP contribution in [0.5, 0.6) is 0 Å². The number of imidazole rings is 2.